The normalized spacial score (nSPS) is 43.8. The van der Waals surface area contributed by atoms with E-state index in [2.05, 4.69) is 44.0 Å². The van der Waals surface area contributed by atoms with E-state index >= 15 is 0 Å². The maximum atomic E-state index is 10.4. The largest absolute Gasteiger partial charge is 0.393 e. The van der Waals surface area contributed by atoms with Gasteiger partial charge in [-0.1, -0.05) is 19.9 Å². The molecule has 1 saturated carbocycles. The van der Waals surface area contributed by atoms with Gasteiger partial charge in [-0.3, -0.25) is 0 Å². The highest BCUT2D eigenvalue weighted by molar-refractivity contribution is 8.17. The van der Waals surface area contributed by atoms with E-state index in [0.29, 0.717) is 4.58 Å². The first-order valence-corrected chi connectivity index (χ1v) is 8.66. The van der Waals surface area contributed by atoms with E-state index in [1.807, 2.05) is 6.08 Å². The van der Waals surface area contributed by atoms with Crippen LogP contribution in [0.25, 0.3) is 0 Å². The Morgan fingerprint density at radius 2 is 2.00 bits per heavy atom. The van der Waals surface area contributed by atoms with Gasteiger partial charge in [-0.15, -0.1) is 30.1 Å². The summed E-state index contributed by atoms with van der Waals surface area (Å²) in [5.74, 6) is 2.57. The molecule has 1 aliphatic heterocycles. The molecule has 1 aliphatic carbocycles. The van der Waals surface area contributed by atoms with E-state index in [1.54, 1.807) is 0 Å². The monoisotopic (exact) mass is 272 g/mol. The Balaban J connectivity index is 2.24. The average molecular weight is 272 g/mol. The van der Waals surface area contributed by atoms with Gasteiger partial charge in [0.05, 0.1) is 10.7 Å². The Hall–Kier alpha value is 0.400. The highest BCUT2D eigenvalue weighted by Crippen LogP contribution is 2.62. The zero-order valence-corrected chi connectivity index (χ0v) is 12.6. The summed E-state index contributed by atoms with van der Waals surface area (Å²) in [7, 11) is 0. The molecule has 0 unspecified atom stereocenters. The molecule has 0 radical (unpaired) electrons. The number of rotatable bonds is 3. The molecule has 1 saturated heterocycles. The molecule has 3 atom stereocenters. The van der Waals surface area contributed by atoms with Gasteiger partial charge in [0.15, 0.2) is 0 Å². The van der Waals surface area contributed by atoms with E-state index in [-0.39, 0.29) is 16.9 Å². The standard InChI is InChI=1S/C14H24OS2/c1-4-7-13(2)11(15)6-8-14(13,3)12-16-9-5-10-17-12/h4,11-12,15H,1,5-10H2,2-3H3/t11-,13-,14+/m1/s1. The topological polar surface area (TPSA) is 20.2 Å². The molecule has 98 valence electrons. The number of allylic oxidation sites excluding steroid dienone is 1. The molecule has 0 aromatic carbocycles. The van der Waals surface area contributed by atoms with Crippen molar-refractivity contribution in [3.8, 4) is 0 Å². The fourth-order valence-electron chi connectivity index (χ4n) is 3.33. The summed E-state index contributed by atoms with van der Waals surface area (Å²) in [5.41, 5.74) is 0.257. The molecule has 2 rings (SSSR count). The first-order chi connectivity index (χ1) is 8.04. The SMILES string of the molecule is C=CC[C@]1(C)[C@H](O)CC[C@@]1(C)C1SCCCS1. The molecule has 2 fully saturated rings. The quantitative estimate of drug-likeness (QED) is 0.786. The minimum absolute atomic E-state index is 0.0107. The van der Waals surface area contributed by atoms with Crippen molar-refractivity contribution in [1.82, 2.24) is 0 Å². The first-order valence-electron chi connectivity index (χ1n) is 6.57. The van der Waals surface area contributed by atoms with Crippen LogP contribution in [0.1, 0.15) is 39.5 Å². The minimum Gasteiger partial charge on any atom is -0.393 e. The van der Waals surface area contributed by atoms with Crippen LogP contribution in [-0.4, -0.2) is 27.3 Å². The molecule has 0 aromatic rings. The molecule has 3 heteroatoms. The molecule has 1 N–H and O–H groups in total. The fraction of sp³-hybridized carbons (Fsp3) is 0.857. The van der Waals surface area contributed by atoms with Crippen LogP contribution < -0.4 is 0 Å². The van der Waals surface area contributed by atoms with Gasteiger partial charge in [-0.2, -0.15) is 0 Å². The fourth-order valence-corrected chi connectivity index (χ4v) is 7.04. The van der Waals surface area contributed by atoms with Gasteiger partial charge >= 0.3 is 0 Å². The van der Waals surface area contributed by atoms with Crippen molar-refractivity contribution in [1.29, 1.82) is 0 Å². The van der Waals surface area contributed by atoms with Crippen molar-refractivity contribution in [2.24, 2.45) is 10.8 Å². The van der Waals surface area contributed by atoms with Crippen molar-refractivity contribution in [3.05, 3.63) is 12.7 Å². The van der Waals surface area contributed by atoms with Crippen LogP contribution in [0.4, 0.5) is 0 Å². The minimum atomic E-state index is -0.159. The Morgan fingerprint density at radius 1 is 1.35 bits per heavy atom. The van der Waals surface area contributed by atoms with Crippen LogP contribution in [0.15, 0.2) is 12.7 Å². The van der Waals surface area contributed by atoms with E-state index in [0.717, 1.165) is 19.3 Å². The van der Waals surface area contributed by atoms with Crippen molar-refractivity contribution < 1.29 is 5.11 Å². The van der Waals surface area contributed by atoms with Crippen LogP contribution in [0, 0.1) is 10.8 Å². The number of aliphatic hydroxyl groups is 1. The number of hydrogen-bond donors (Lipinski definition) is 1. The Bertz CT molecular complexity index is 288. The molecule has 0 spiro atoms. The van der Waals surface area contributed by atoms with Crippen LogP contribution in [0.2, 0.25) is 0 Å². The molecule has 1 nitrogen and oxygen atoms in total. The zero-order valence-electron chi connectivity index (χ0n) is 10.9. The summed E-state index contributed by atoms with van der Waals surface area (Å²) in [6.07, 6.45) is 6.21. The summed E-state index contributed by atoms with van der Waals surface area (Å²) in [4.78, 5) is 0. The molecular formula is C14H24OS2. The average Bonchev–Trinajstić information content (AvgIpc) is 2.57. The van der Waals surface area contributed by atoms with Crippen molar-refractivity contribution in [2.75, 3.05) is 11.5 Å². The summed E-state index contributed by atoms with van der Waals surface area (Å²) < 4.78 is 0.651. The lowest BCUT2D eigenvalue weighted by Crippen LogP contribution is -2.45. The predicted molar refractivity (Wildman–Crippen MR) is 79.6 cm³/mol. The van der Waals surface area contributed by atoms with Gasteiger partial charge in [-0.05, 0) is 42.6 Å². The smallest absolute Gasteiger partial charge is 0.0602 e. The second kappa shape index (κ2) is 5.18. The zero-order chi connectivity index (χ0) is 12.5. The molecular weight excluding hydrogens is 248 g/mol. The van der Waals surface area contributed by atoms with Gasteiger partial charge in [0.25, 0.3) is 0 Å². The molecule has 1 heterocycles. The molecule has 2 aliphatic rings. The third-order valence-corrected chi connectivity index (χ3v) is 8.40. The van der Waals surface area contributed by atoms with E-state index < -0.39 is 0 Å². The third-order valence-electron chi connectivity index (χ3n) is 4.89. The summed E-state index contributed by atoms with van der Waals surface area (Å²) in [5, 5.41) is 10.4. The number of hydrogen-bond acceptors (Lipinski definition) is 3. The van der Waals surface area contributed by atoms with Crippen LogP contribution >= 0.6 is 23.5 Å². The summed E-state index contributed by atoms with van der Waals surface area (Å²) >= 11 is 4.21. The van der Waals surface area contributed by atoms with E-state index in [1.165, 1.54) is 17.9 Å². The van der Waals surface area contributed by atoms with Crippen LogP contribution in [0.3, 0.4) is 0 Å². The summed E-state index contributed by atoms with van der Waals surface area (Å²) in [6.45, 7) is 8.55. The Kier molecular flexibility index (Phi) is 4.21. The molecule has 0 bridgehead atoms. The Morgan fingerprint density at radius 3 is 2.59 bits per heavy atom. The van der Waals surface area contributed by atoms with Crippen molar-refractivity contribution in [2.45, 2.75) is 50.2 Å². The van der Waals surface area contributed by atoms with E-state index in [4.69, 9.17) is 0 Å². The van der Waals surface area contributed by atoms with Gasteiger partial charge in [0.2, 0.25) is 0 Å². The first kappa shape index (κ1) is 13.8. The maximum Gasteiger partial charge on any atom is 0.0602 e. The van der Waals surface area contributed by atoms with Gasteiger partial charge < -0.3 is 5.11 Å². The molecule has 17 heavy (non-hydrogen) atoms. The van der Waals surface area contributed by atoms with Gasteiger partial charge in [0.1, 0.15) is 0 Å². The van der Waals surface area contributed by atoms with Gasteiger partial charge in [0, 0.05) is 5.41 Å². The summed E-state index contributed by atoms with van der Waals surface area (Å²) in [6, 6.07) is 0. The highest BCUT2D eigenvalue weighted by atomic mass is 32.2. The Labute approximate surface area is 114 Å². The lowest BCUT2D eigenvalue weighted by molar-refractivity contribution is 0.00647. The molecule has 0 aromatic heterocycles. The number of thioether (sulfide) groups is 2. The van der Waals surface area contributed by atoms with Crippen molar-refractivity contribution in [3.63, 3.8) is 0 Å². The predicted octanol–water partition coefficient (Wildman–Crippen LogP) is 3.93. The second-order valence-electron chi connectivity index (χ2n) is 5.81. The van der Waals surface area contributed by atoms with E-state index in [9.17, 15) is 5.11 Å². The lowest BCUT2D eigenvalue weighted by atomic mass is 9.66. The molecule has 0 amide bonds. The van der Waals surface area contributed by atoms with Crippen molar-refractivity contribution >= 4 is 23.5 Å². The van der Waals surface area contributed by atoms with Crippen LogP contribution in [-0.2, 0) is 0 Å². The third kappa shape index (κ3) is 2.19. The highest BCUT2D eigenvalue weighted by Gasteiger charge is 2.57. The van der Waals surface area contributed by atoms with Gasteiger partial charge in [-0.25, -0.2) is 0 Å². The van der Waals surface area contributed by atoms with Crippen LogP contribution in [0.5, 0.6) is 0 Å². The second-order valence-corrected chi connectivity index (χ2v) is 8.53. The lowest BCUT2D eigenvalue weighted by Gasteiger charge is -2.48. The maximum absolute atomic E-state index is 10.4. The number of aliphatic hydroxyl groups excluding tert-OH is 1.